The zero-order valence-corrected chi connectivity index (χ0v) is 12.7. The zero-order valence-electron chi connectivity index (χ0n) is 11.9. The van der Waals surface area contributed by atoms with Crippen molar-refractivity contribution in [2.75, 3.05) is 25.5 Å². The van der Waals surface area contributed by atoms with Gasteiger partial charge in [0.25, 0.3) is 5.69 Å². The normalized spacial score (nSPS) is 17.2. The summed E-state index contributed by atoms with van der Waals surface area (Å²) in [6.07, 6.45) is 3.56. The summed E-state index contributed by atoms with van der Waals surface area (Å²) >= 11 is 0. The predicted octanol–water partition coefficient (Wildman–Crippen LogP) is 2.20. The molecule has 1 aromatic carbocycles. The minimum Gasteiger partial charge on any atom is -0.388 e. The van der Waals surface area contributed by atoms with E-state index in [1.54, 1.807) is 7.05 Å². The van der Waals surface area contributed by atoms with Crippen molar-refractivity contribution in [2.24, 2.45) is 0 Å². The van der Waals surface area contributed by atoms with Crippen molar-refractivity contribution in [1.82, 2.24) is 4.31 Å². The molecule has 2 rings (SSSR count). The molecule has 1 aliphatic heterocycles. The van der Waals surface area contributed by atoms with E-state index in [2.05, 4.69) is 5.32 Å². The van der Waals surface area contributed by atoms with Gasteiger partial charge in [-0.05, 0) is 25.0 Å². The lowest BCUT2D eigenvalue weighted by Gasteiger charge is -2.20. The fourth-order valence-electron chi connectivity index (χ4n) is 2.45. The van der Waals surface area contributed by atoms with Crippen molar-refractivity contribution in [3.05, 3.63) is 28.3 Å². The van der Waals surface area contributed by atoms with Gasteiger partial charge in [-0.15, -0.1) is 0 Å². The Bertz CT molecular complexity index is 622. The third-order valence-corrected chi connectivity index (χ3v) is 5.56. The van der Waals surface area contributed by atoms with Crippen LogP contribution < -0.4 is 5.32 Å². The van der Waals surface area contributed by atoms with E-state index in [0.717, 1.165) is 25.7 Å². The maximum absolute atomic E-state index is 12.7. The van der Waals surface area contributed by atoms with Crippen LogP contribution in [0.25, 0.3) is 0 Å². The molecule has 8 heteroatoms. The predicted molar refractivity (Wildman–Crippen MR) is 79.9 cm³/mol. The highest BCUT2D eigenvalue weighted by Crippen LogP contribution is 2.30. The number of nitro benzene ring substituents is 1. The lowest BCUT2D eigenvalue weighted by molar-refractivity contribution is -0.387. The van der Waals surface area contributed by atoms with Gasteiger partial charge in [-0.25, -0.2) is 8.42 Å². The third-order valence-electron chi connectivity index (χ3n) is 3.63. The van der Waals surface area contributed by atoms with E-state index in [1.807, 2.05) is 0 Å². The molecule has 1 N–H and O–H groups in total. The van der Waals surface area contributed by atoms with Crippen LogP contribution in [0.5, 0.6) is 0 Å². The van der Waals surface area contributed by atoms with Crippen LogP contribution in [-0.2, 0) is 10.0 Å². The molecule has 1 aromatic rings. The average molecular weight is 313 g/mol. The summed E-state index contributed by atoms with van der Waals surface area (Å²) in [4.78, 5) is 10.2. The van der Waals surface area contributed by atoms with Crippen molar-refractivity contribution in [1.29, 1.82) is 0 Å². The monoisotopic (exact) mass is 313 g/mol. The molecule has 0 aromatic heterocycles. The molecule has 0 radical (unpaired) electrons. The van der Waals surface area contributed by atoms with Crippen molar-refractivity contribution in [3.8, 4) is 0 Å². The number of nitrogens with zero attached hydrogens (tertiary/aromatic N) is 2. The second kappa shape index (κ2) is 6.40. The molecular weight excluding hydrogens is 294 g/mol. The Hall–Kier alpha value is -1.67. The molecule has 1 heterocycles. The fraction of sp³-hybridized carbons (Fsp3) is 0.538. The molecule has 0 atom stereocenters. The van der Waals surface area contributed by atoms with Crippen molar-refractivity contribution < 1.29 is 13.3 Å². The molecule has 0 spiro atoms. The molecule has 1 saturated heterocycles. The summed E-state index contributed by atoms with van der Waals surface area (Å²) < 4.78 is 26.8. The van der Waals surface area contributed by atoms with Gasteiger partial charge in [0.2, 0.25) is 10.0 Å². The molecule has 0 saturated carbocycles. The maximum atomic E-state index is 12.7. The van der Waals surface area contributed by atoms with E-state index >= 15 is 0 Å². The Morgan fingerprint density at radius 3 is 2.33 bits per heavy atom. The summed E-state index contributed by atoms with van der Waals surface area (Å²) in [5.41, 5.74) is 0.159. The van der Waals surface area contributed by atoms with Crippen molar-refractivity contribution >= 4 is 21.4 Å². The van der Waals surface area contributed by atoms with Crippen LogP contribution in [0.4, 0.5) is 11.4 Å². The van der Waals surface area contributed by atoms with E-state index in [0.29, 0.717) is 18.8 Å². The largest absolute Gasteiger partial charge is 0.388 e. The lowest BCUT2D eigenvalue weighted by atomic mass is 10.2. The molecule has 0 bridgehead atoms. The molecule has 0 amide bonds. The Morgan fingerprint density at radius 1 is 1.19 bits per heavy atom. The Morgan fingerprint density at radius 2 is 1.81 bits per heavy atom. The quantitative estimate of drug-likeness (QED) is 0.679. The number of sulfonamides is 1. The van der Waals surface area contributed by atoms with E-state index in [4.69, 9.17) is 0 Å². The van der Waals surface area contributed by atoms with Crippen LogP contribution in [0.1, 0.15) is 25.7 Å². The average Bonchev–Trinajstić information content (AvgIpc) is 2.76. The number of benzene rings is 1. The molecule has 0 aliphatic carbocycles. The molecule has 1 aliphatic rings. The maximum Gasteiger partial charge on any atom is 0.289 e. The summed E-state index contributed by atoms with van der Waals surface area (Å²) in [7, 11) is -2.20. The van der Waals surface area contributed by atoms with E-state index < -0.39 is 14.9 Å². The second-order valence-corrected chi connectivity index (χ2v) is 6.91. The minimum atomic E-state index is -3.84. The van der Waals surface area contributed by atoms with Crippen LogP contribution in [0.15, 0.2) is 23.1 Å². The number of anilines is 1. The van der Waals surface area contributed by atoms with Crippen LogP contribution in [0, 0.1) is 10.1 Å². The molecule has 1 fully saturated rings. The summed E-state index contributed by atoms with van der Waals surface area (Å²) in [6.45, 7) is 0.840. The number of hydrogen-bond acceptors (Lipinski definition) is 5. The van der Waals surface area contributed by atoms with Gasteiger partial charge in [0.1, 0.15) is 0 Å². The fourth-order valence-corrected chi connectivity index (χ4v) is 4.15. The number of rotatable bonds is 4. The molecule has 7 nitrogen and oxygen atoms in total. The smallest absolute Gasteiger partial charge is 0.289 e. The van der Waals surface area contributed by atoms with E-state index in [-0.39, 0.29) is 10.6 Å². The first-order chi connectivity index (χ1) is 9.96. The van der Waals surface area contributed by atoms with Gasteiger partial charge in [0, 0.05) is 31.9 Å². The first kappa shape index (κ1) is 15.7. The highest BCUT2D eigenvalue weighted by atomic mass is 32.2. The van der Waals surface area contributed by atoms with Gasteiger partial charge in [0.05, 0.1) is 4.92 Å². The summed E-state index contributed by atoms with van der Waals surface area (Å²) in [6, 6.07) is 4.06. The number of nitro groups is 1. The van der Waals surface area contributed by atoms with Crippen LogP contribution in [0.3, 0.4) is 0 Å². The van der Waals surface area contributed by atoms with E-state index in [9.17, 15) is 18.5 Å². The van der Waals surface area contributed by atoms with Crippen LogP contribution in [-0.4, -0.2) is 37.8 Å². The molecular formula is C13H19N3O4S. The van der Waals surface area contributed by atoms with Gasteiger partial charge in [0.15, 0.2) is 4.90 Å². The van der Waals surface area contributed by atoms with Gasteiger partial charge in [-0.3, -0.25) is 10.1 Å². The summed E-state index contributed by atoms with van der Waals surface area (Å²) in [5, 5.41) is 13.9. The van der Waals surface area contributed by atoms with E-state index in [1.165, 1.54) is 22.5 Å². The van der Waals surface area contributed by atoms with Crippen molar-refractivity contribution in [2.45, 2.75) is 30.6 Å². The Kier molecular flexibility index (Phi) is 4.79. The van der Waals surface area contributed by atoms with Crippen molar-refractivity contribution in [3.63, 3.8) is 0 Å². The molecule has 116 valence electrons. The SMILES string of the molecule is CNc1ccc([N+](=O)[O-])c(S(=O)(=O)N2CCCCCC2)c1. The van der Waals surface area contributed by atoms with Gasteiger partial charge in [-0.1, -0.05) is 12.8 Å². The van der Waals surface area contributed by atoms with Gasteiger partial charge in [-0.2, -0.15) is 4.31 Å². The molecule has 0 unspecified atom stereocenters. The van der Waals surface area contributed by atoms with Crippen LogP contribution in [0.2, 0.25) is 0 Å². The first-order valence-electron chi connectivity index (χ1n) is 6.93. The first-order valence-corrected chi connectivity index (χ1v) is 8.37. The number of nitrogens with one attached hydrogen (secondary N) is 1. The summed E-state index contributed by atoms with van der Waals surface area (Å²) in [5.74, 6) is 0. The van der Waals surface area contributed by atoms with Gasteiger partial charge < -0.3 is 5.32 Å². The standard InChI is InChI=1S/C13H19N3O4S/c1-14-11-6-7-12(16(17)18)13(10-11)21(19,20)15-8-4-2-3-5-9-15/h6-7,10,14H,2-5,8-9H2,1H3. The van der Waals surface area contributed by atoms with Crippen LogP contribution >= 0.6 is 0 Å². The Balaban J connectivity index is 2.48. The lowest BCUT2D eigenvalue weighted by Crippen LogP contribution is -2.32. The topological polar surface area (TPSA) is 92.5 Å². The highest BCUT2D eigenvalue weighted by Gasteiger charge is 2.32. The third kappa shape index (κ3) is 3.33. The number of hydrogen-bond donors (Lipinski definition) is 1. The second-order valence-electron chi connectivity index (χ2n) is 5.01. The Labute approximate surface area is 124 Å². The zero-order chi connectivity index (χ0) is 15.5. The van der Waals surface area contributed by atoms with Gasteiger partial charge >= 0.3 is 0 Å². The minimum absolute atomic E-state index is 0.235. The highest BCUT2D eigenvalue weighted by molar-refractivity contribution is 7.89. The molecule has 21 heavy (non-hydrogen) atoms.